The van der Waals surface area contributed by atoms with Gasteiger partial charge in [0.25, 0.3) is 0 Å². The Balaban J connectivity index is 2.00. The van der Waals surface area contributed by atoms with E-state index in [1.807, 2.05) is 45.9 Å². The summed E-state index contributed by atoms with van der Waals surface area (Å²) in [5.41, 5.74) is 2.60. The number of benzene rings is 3. The molecule has 0 radical (unpaired) electrons. The Hall–Kier alpha value is -3.45. The summed E-state index contributed by atoms with van der Waals surface area (Å²) in [4.78, 5) is 11.2. The van der Waals surface area contributed by atoms with E-state index in [-0.39, 0.29) is 36.1 Å². The van der Waals surface area contributed by atoms with Crippen molar-refractivity contribution in [1.82, 2.24) is 0 Å². The number of hydrogen-bond donors (Lipinski definition) is 1. The number of halogens is 2. The van der Waals surface area contributed by atoms with E-state index in [9.17, 15) is 14.3 Å². The van der Waals surface area contributed by atoms with Crippen molar-refractivity contribution < 1.29 is 32.9 Å². The maximum Gasteiger partial charge on any atom is 0.303 e. The van der Waals surface area contributed by atoms with Gasteiger partial charge in [-0.25, -0.2) is 8.78 Å². The molecule has 0 bridgehead atoms. The maximum absolute atomic E-state index is 15.3. The number of aliphatic carboxylic acids is 1. The van der Waals surface area contributed by atoms with Gasteiger partial charge in [-0.2, -0.15) is 0 Å². The molecule has 0 aromatic heterocycles. The first-order valence-corrected chi connectivity index (χ1v) is 12.6. The molecule has 7 heteroatoms. The largest absolute Gasteiger partial charge is 0.497 e. The van der Waals surface area contributed by atoms with Crippen molar-refractivity contribution in [2.75, 3.05) is 14.2 Å². The summed E-state index contributed by atoms with van der Waals surface area (Å²) in [7, 11) is 3.15. The zero-order valence-corrected chi connectivity index (χ0v) is 22.8. The molecule has 0 saturated heterocycles. The summed E-state index contributed by atoms with van der Waals surface area (Å²) in [5.74, 6) is -1.78. The third-order valence-corrected chi connectivity index (χ3v) is 6.63. The zero-order chi connectivity index (χ0) is 28.0. The SMILES string of the molecule is CC[C@@H](CC(=O)O)c1cccc(OCc2ccc(-c3cc(OC)ccc3F)c([C@@H](OC)C(C)(C)C)c2)c1F. The molecule has 0 aliphatic heterocycles. The van der Waals surface area contributed by atoms with Crippen LogP contribution in [0.1, 0.15) is 69.2 Å². The van der Waals surface area contributed by atoms with Crippen molar-refractivity contribution in [2.24, 2.45) is 5.41 Å². The molecule has 0 aliphatic rings. The summed E-state index contributed by atoms with van der Waals surface area (Å²) < 4.78 is 47.3. The highest BCUT2D eigenvalue weighted by Gasteiger charge is 2.29. The molecule has 5 nitrogen and oxygen atoms in total. The topological polar surface area (TPSA) is 65.0 Å². The summed E-state index contributed by atoms with van der Waals surface area (Å²) >= 11 is 0. The van der Waals surface area contributed by atoms with Gasteiger partial charge in [-0.05, 0) is 70.3 Å². The summed E-state index contributed by atoms with van der Waals surface area (Å²) in [6.45, 7) is 8.01. The molecular weight excluding hydrogens is 490 g/mol. The van der Waals surface area contributed by atoms with E-state index in [0.717, 1.165) is 11.1 Å². The average molecular weight is 527 g/mol. The molecule has 2 atom stereocenters. The molecule has 204 valence electrons. The molecule has 0 aliphatic carbocycles. The molecule has 0 heterocycles. The second kappa shape index (κ2) is 12.4. The average Bonchev–Trinajstić information content (AvgIpc) is 2.87. The van der Waals surface area contributed by atoms with Crippen LogP contribution in [0, 0.1) is 17.0 Å². The van der Waals surface area contributed by atoms with Crippen LogP contribution in [0.4, 0.5) is 8.78 Å². The van der Waals surface area contributed by atoms with Crippen LogP contribution in [-0.2, 0) is 16.1 Å². The lowest BCUT2D eigenvalue weighted by Gasteiger charge is -2.32. The highest BCUT2D eigenvalue weighted by molar-refractivity contribution is 5.71. The first-order valence-electron chi connectivity index (χ1n) is 12.6. The van der Waals surface area contributed by atoms with E-state index in [1.54, 1.807) is 31.4 Å². The van der Waals surface area contributed by atoms with Crippen LogP contribution in [0.5, 0.6) is 11.5 Å². The number of ether oxygens (including phenoxy) is 3. The lowest BCUT2D eigenvalue weighted by Crippen LogP contribution is -2.21. The Kier molecular flexibility index (Phi) is 9.50. The molecule has 3 rings (SSSR count). The predicted octanol–water partition coefficient (Wildman–Crippen LogP) is 7.92. The molecular formula is C31H36F2O5. The number of hydrogen-bond acceptors (Lipinski definition) is 4. The molecule has 3 aromatic rings. The van der Waals surface area contributed by atoms with Crippen LogP contribution in [0.25, 0.3) is 11.1 Å². The van der Waals surface area contributed by atoms with Crippen molar-refractivity contribution in [3.8, 4) is 22.6 Å². The summed E-state index contributed by atoms with van der Waals surface area (Å²) in [6.07, 6.45) is -0.0403. The standard InChI is InChI=1S/C31H36F2O5/c1-7-20(16-28(34)35)22-9-8-10-27(29(22)33)38-18-19-11-13-23(24-17-21(36-5)12-14-26(24)32)25(15-19)30(37-6)31(2,3)4/h8-15,17,20,30H,7,16,18H2,1-6H3,(H,34,35)/t20-,30+/m0/s1. The van der Waals surface area contributed by atoms with Crippen LogP contribution in [0.3, 0.4) is 0 Å². The third kappa shape index (κ3) is 6.70. The normalized spacial score (nSPS) is 13.2. The van der Waals surface area contributed by atoms with Gasteiger partial charge in [0.15, 0.2) is 11.6 Å². The number of methoxy groups -OCH3 is 2. The van der Waals surface area contributed by atoms with E-state index in [4.69, 9.17) is 14.2 Å². The second-order valence-corrected chi connectivity index (χ2v) is 10.4. The lowest BCUT2D eigenvalue weighted by molar-refractivity contribution is -0.137. The molecule has 1 N–H and O–H groups in total. The van der Waals surface area contributed by atoms with Gasteiger partial charge in [-0.3, -0.25) is 4.79 Å². The van der Waals surface area contributed by atoms with Crippen molar-refractivity contribution in [3.63, 3.8) is 0 Å². The minimum absolute atomic E-state index is 0.0509. The number of rotatable bonds is 11. The van der Waals surface area contributed by atoms with Crippen LogP contribution in [0.2, 0.25) is 0 Å². The first-order chi connectivity index (χ1) is 18.0. The quantitative estimate of drug-likeness (QED) is 0.275. The van der Waals surface area contributed by atoms with Crippen LogP contribution in [-0.4, -0.2) is 25.3 Å². The van der Waals surface area contributed by atoms with E-state index >= 15 is 4.39 Å². The minimum Gasteiger partial charge on any atom is -0.497 e. The maximum atomic E-state index is 15.3. The number of carboxylic acids is 1. The van der Waals surface area contributed by atoms with Crippen LogP contribution < -0.4 is 9.47 Å². The fraction of sp³-hybridized carbons (Fsp3) is 0.387. The van der Waals surface area contributed by atoms with Gasteiger partial charge in [0.2, 0.25) is 0 Å². The molecule has 0 amide bonds. The van der Waals surface area contributed by atoms with Crippen LogP contribution >= 0.6 is 0 Å². The molecule has 0 spiro atoms. The Morgan fingerprint density at radius 1 is 0.974 bits per heavy atom. The van der Waals surface area contributed by atoms with Gasteiger partial charge in [0, 0.05) is 12.7 Å². The van der Waals surface area contributed by atoms with Gasteiger partial charge in [0.05, 0.1) is 19.6 Å². The van der Waals surface area contributed by atoms with E-state index in [2.05, 4.69) is 0 Å². The van der Waals surface area contributed by atoms with Crippen molar-refractivity contribution in [1.29, 1.82) is 0 Å². The number of carboxylic acid groups (broad SMARTS) is 1. The van der Waals surface area contributed by atoms with Crippen molar-refractivity contribution in [2.45, 2.75) is 59.2 Å². The van der Waals surface area contributed by atoms with E-state index < -0.39 is 17.7 Å². The van der Waals surface area contributed by atoms with Gasteiger partial charge in [0.1, 0.15) is 18.2 Å². The highest BCUT2D eigenvalue weighted by atomic mass is 19.1. The monoisotopic (exact) mass is 526 g/mol. The second-order valence-electron chi connectivity index (χ2n) is 10.4. The Morgan fingerprint density at radius 2 is 1.71 bits per heavy atom. The zero-order valence-electron chi connectivity index (χ0n) is 22.8. The molecule has 3 aromatic carbocycles. The highest BCUT2D eigenvalue weighted by Crippen LogP contribution is 2.42. The van der Waals surface area contributed by atoms with Crippen molar-refractivity contribution in [3.05, 3.63) is 82.9 Å². The van der Waals surface area contributed by atoms with Crippen molar-refractivity contribution >= 4 is 5.97 Å². The van der Waals surface area contributed by atoms with Gasteiger partial charge < -0.3 is 19.3 Å². The van der Waals surface area contributed by atoms with E-state index in [0.29, 0.717) is 28.9 Å². The Morgan fingerprint density at radius 3 is 2.32 bits per heavy atom. The van der Waals surface area contributed by atoms with Gasteiger partial charge in [-0.15, -0.1) is 0 Å². The molecule has 0 fully saturated rings. The third-order valence-electron chi connectivity index (χ3n) is 6.63. The van der Waals surface area contributed by atoms with Gasteiger partial charge in [-0.1, -0.05) is 52.0 Å². The minimum atomic E-state index is -0.978. The molecule has 0 saturated carbocycles. The molecule has 0 unspecified atom stereocenters. The fourth-order valence-corrected chi connectivity index (χ4v) is 4.75. The predicted molar refractivity (Wildman–Crippen MR) is 144 cm³/mol. The molecule has 38 heavy (non-hydrogen) atoms. The first kappa shape index (κ1) is 29.1. The number of carbonyl (C=O) groups is 1. The van der Waals surface area contributed by atoms with Crippen LogP contribution in [0.15, 0.2) is 54.6 Å². The Labute approximate surface area is 223 Å². The lowest BCUT2D eigenvalue weighted by atomic mass is 9.81. The summed E-state index contributed by atoms with van der Waals surface area (Å²) in [6, 6.07) is 14.9. The van der Waals surface area contributed by atoms with Gasteiger partial charge >= 0.3 is 5.97 Å². The fourth-order valence-electron chi connectivity index (χ4n) is 4.75. The Bertz CT molecular complexity index is 1270. The summed E-state index contributed by atoms with van der Waals surface area (Å²) in [5, 5.41) is 9.19. The van der Waals surface area contributed by atoms with E-state index in [1.165, 1.54) is 19.2 Å². The smallest absolute Gasteiger partial charge is 0.303 e.